The van der Waals surface area contributed by atoms with Crippen LogP contribution in [0.25, 0.3) is 15.5 Å². The van der Waals surface area contributed by atoms with Crippen LogP contribution in [0.3, 0.4) is 0 Å². The molecule has 0 bridgehead atoms. The SMILES string of the molecule is Cc1ccc(-c2nn3c(C)nnc3s2)cc1NC(=S)NC(=O)c1ccco1. The smallest absolute Gasteiger partial charge is 0.293 e. The van der Waals surface area contributed by atoms with Gasteiger partial charge in [-0.05, 0) is 49.8 Å². The lowest BCUT2D eigenvalue weighted by Gasteiger charge is -2.12. The van der Waals surface area contributed by atoms with Crippen molar-refractivity contribution >= 4 is 45.2 Å². The summed E-state index contributed by atoms with van der Waals surface area (Å²) < 4.78 is 6.77. The van der Waals surface area contributed by atoms with Crippen molar-refractivity contribution in [1.82, 2.24) is 25.1 Å². The van der Waals surface area contributed by atoms with Crippen LogP contribution < -0.4 is 10.6 Å². The highest BCUT2D eigenvalue weighted by molar-refractivity contribution is 7.80. The number of hydrogen-bond acceptors (Lipinski definition) is 7. The molecule has 1 aromatic carbocycles. The molecule has 3 heterocycles. The number of hydrogen-bond donors (Lipinski definition) is 2. The molecule has 2 N–H and O–H groups in total. The molecule has 0 radical (unpaired) electrons. The van der Waals surface area contributed by atoms with Crippen LogP contribution in [-0.4, -0.2) is 30.8 Å². The van der Waals surface area contributed by atoms with E-state index in [-0.39, 0.29) is 10.9 Å². The maximum atomic E-state index is 12.0. The van der Waals surface area contributed by atoms with Gasteiger partial charge in [0.25, 0.3) is 5.91 Å². The summed E-state index contributed by atoms with van der Waals surface area (Å²) in [5, 5.41) is 19.3. The Morgan fingerprint density at radius 2 is 2.11 bits per heavy atom. The molecule has 8 nitrogen and oxygen atoms in total. The molecular formula is C17H14N6O2S2. The standard InChI is InChI=1S/C17H14N6O2S2/c1-9-5-6-11(15-22-23-10(2)20-21-17(23)27-15)8-12(9)18-16(26)19-14(24)13-4-3-7-25-13/h3-8H,1-2H3,(H2,18,19,24,26). The largest absolute Gasteiger partial charge is 0.459 e. The zero-order chi connectivity index (χ0) is 19.0. The second-order valence-corrected chi connectivity index (χ2v) is 7.13. The Bertz CT molecular complexity index is 1150. The Morgan fingerprint density at radius 3 is 2.85 bits per heavy atom. The number of rotatable bonds is 3. The van der Waals surface area contributed by atoms with Crippen LogP contribution in [0.4, 0.5) is 5.69 Å². The highest BCUT2D eigenvalue weighted by atomic mass is 32.1. The Kier molecular flexibility index (Phi) is 4.42. The summed E-state index contributed by atoms with van der Waals surface area (Å²) in [5.74, 6) is 0.523. The van der Waals surface area contributed by atoms with E-state index in [1.807, 2.05) is 32.0 Å². The first kappa shape index (κ1) is 17.3. The maximum absolute atomic E-state index is 12.0. The first-order valence-corrected chi connectivity index (χ1v) is 9.19. The molecule has 0 spiro atoms. The number of aromatic nitrogens is 4. The zero-order valence-electron chi connectivity index (χ0n) is 14.4. The van der Waals surface area contributed by atoms with E-state index in [0.717, 1.165) is 32.6 Å². The van der Waals surface area contributed by atoms with E-state index in [9.17, 15) is 4.79 Å². The van der Waals surface area contributed by atoms with Gasteiger partial charge >= 0.3 is 0 Å². The molecule has 0 aliphatic rings. The lowest BCUT2D eigenvalue weighted by molar-refractivity contribution is 0.0950. The van der Waals surface area contributed by atoms with Crippen molar-refractivity contribution in [3.05, 3.63) is 53.7 Å². The van der Waals surface area contributed by atoms with Crippen LogP contribution in [0, 0.1) is 13.8 Å². The van der Waals surface area contributed by atoms with Crippen molar-refractivity contribution in [2.45, 2.75) is 13.8 Å². The molecule has 10 heteroatoms. The molecular weight excluding hydrogens is 384 g/mol. The van der Waals surface area contributed by atoms with Crippen molar-refractivity contribution in [2.24, 2.45) is 0 Å². The zero-order valence-corrected chi connectivity index (χ0v) is 16.0. The number of amides is 1. The quantitative estimate of drug-likeness (QED) is 0.512. The second-order valence-electron chi connectivity index (χ2n) is 5.76. The predicted octanol–water partition coefficient (Wildman–Crippen LogP) is 3.19. The van der Waals surface area contributed by atoms with Crippen LogP contribution in [0.5, 0.6) is 0 Å². The summed E-state index contributed by atoms with van der Waals surface area (Å²) in [4.78, 5) is 12.8. The molecule has 4 rings (SSSR count). The molecule has 136 valence electrons. The van der Waals surface area contributed by atoms with Gasteiger partial charge < -0.3 is 9.73 Å². The molecule has 1 amide bonds. The highest BCUT2D eigenvalue weighted by Crippen LogP contribution is 2.29. The maximum Gasteiger partial charge on any atom is 0.293 e. The van der Waals surface area contributed by atoms with E-state index < -0.39 is 5.91 Å². The number of nitrogens with zero attached hydrogens (tertiary/aromatic N) is 4. The topological polar surface area (TPSA) is 97.4 Å². The Labute approximate surface area is 163 Å². The molecule has 3 aromatic heterocycles. The molecule has 0 aliphatic carbocycles. The lowest BCUT2D eigenvalue weighted by Crippen LogP contribution is -2.34. The van der Waals surface area contributed by atoms with Gasteiger partial charge in [-0.3, -0.25) is 10.1 Å². The van der Waals surface area contributed by atoms with Crippen molar-refractivity contribution < 1.29 is 9.21 Å². The minimum Gasteiger partial charge on any atom is -0.459 e. The molecule has 0 saturated heterocycles. The van der Waals surface area contributed by atoms with Gasteiger partial charge in [0.2, 0.25) is 4.96 Å². The summed E-state index contributed by atoms with van der Waals surface area (Å²) in [6, 6.07) is 9.08. The van der Waals surface area contributed by atoms with E-state index in [2.05, 4.69) is 25.9 Å². The number of thiocarbonyl (C=S) groups is 1. The van der Waals surface area contributed by atoms with Crippen molar-refractivity contribution in [3.8, 4) is 10.6 Å². The van der Waals surface area contributed by atoms with Gasteiger partial charge in [0.1, 0.15) is 5.01 Å². The number of furan rings is 1. The van der Waals surface area contributed by atoms with Gasteiger partial charge in [0.15, 0.2) is 16.7 Å². The fourth-order valence-electron chi connectivity index (χ4n) is 2.45. The van der Waals surface area contributed by atoms with Gasteiger partial charge in [-0.1, -0.05) is 23.5 Å². The number of carbonyl (C=O) groups excluding carboxylic acids is 1. The van der Waals surface area contributed by atoms with Crippen LogP contribution in [0.2, 0.25) is 0 Å². The second kappa shape index (κ2) is 6.89. The predicted molar refractivity (Wildman–Crippen MR) is 106 cm³/mol. The fourth-order valence-corrected chi connectivity index (χ4v) is 3.53. The van der Waals surface area contributed by atoms with Gasteiger partial charge in [-0.15, -0.1) is 10.2 Å². The normalized spacial score (nSPS) is 10.9. The minimum absolute atomic E-state index is 0.186. The van der Waals surface area contributed by atoms with E-state index in [1.165, 1.54) is 17.6 Å². The van der Waals surface area contributed by atoms with Gasteiger partial charge in [-0.2, -0.15) is 9.61 Å². The van der Waals surface area contributed by atoms with Crippen molar-refractivity contribution in [3.63, 3.8) is 0 Å². The summed E-state index contributed by atoms with van der Waals surface area (Å²) >= 11 is 6.69. The fraction of sp³-hybridized carbons (Fsp3) is 0.118. The lowest BCUT2D eigenvalue weighted by atomic mass is 10.1. The molecule has 4 aromatic rings. The first-order chi connectivity index (χ1) is 13.0. The number of anilines is 1. The van der Waals surface area contributed by atoms with E-state index >= 15 is 0 Å². The van der Waals surface area contributed by atoms with Gasteiger partial charge in [-0.25, -0.2) is 0 Å². The Morgan fingerprint density at radius 1 is 1.26 bits per heavy atom. The summed E-state index contributed by atoms with van der Waals surface area (Å²) in [6.45, 7) is 3.80. The number of nitrogens with one attached hydrogen (secondary N) is 2. The third kappa shape index (κ3) is 3.44. The molecule has 0 atom stereocenters. The molecule has 0 aliphatic heterocycles. The van der Waals surface area contributed by atoms with E-state index in [0.29, 0.717) is 0 Å². The Hall–Kier alpha value is -3.11. The molecule has 0 unspecified atom stereocenters. The van der Waals surface area contributed by atoms with Crippen LogP contribution in [0.1, 0.15) is 21.9 Å². The number of aryl methyl sites for hydroxylation is 2. The van der Waals surface area contributed by atoms with Crippen molar-refractivity contribution in [1.29, 1.82) is 0 Å². The highest BCUT2D eigenvalue weighted by Gasteiger charge is 2.14. The van der Waals surface area contributed by atoms with Crippen LogP contribution in [0.15, 0.2) is 41.0 Å². The van der Waals surface area contributed by atoms with E-state index in [1.54, 1.807) is 16.6 Å². The molecule has 0 saturated carbocycles. The number of carbonyl (C=O) groups is 1. The van der Waals surface area contributed by atoms with Gasteiger partial charge in [0, 0.05) is 11.3 Å². The summed E-state index contributed by atoms with van der Waals surface area (Å²) in [5.41, 5.74) is 2.67. The van der Waals surface area contributed by atoms with Crippen molar-refractivity contribution in [2.75, 3.05) is 5.32 Å². The molecule has 0 fully saturated rings. The third-order valence-corrected chi connectivity index (χ3v) is 5.00. The number of benzene rings is 1. The average molecular weight is 398 g/mol. The van der Waals surface area contributed by atoms with E-state index in [4.69, 9.17) is 16.6 Å². The van der Waals surface area contributed by atoms with Crippen LogP contribution >= 0.6 is 23.6 Å². The first-order valence-electron chi connectivity index (χ1n) is 7.97. The molecule has 27 heavy (non-hydrogen) atoms. The summed E-state index contributed by atoms with van der Waals surface area (Å²) in [7, 11) is 0. The third-order valence-electron chi connectivity index (χ3n) is 3.85. The Balaban J connectivity index is 1.55. The monoisotopic (exact) mass is 398 g/mol. The summed E-state index contributed by atoms with van der Waals surface area (Å²) in [6.07, 6.45) is 1.43. The van der Waals surface area contributed by atoms with Gasteiger partial charge in [0.05, 0.1) is 6.26 Å². The minimum atomic E-state index is -0.407. The van der Waals surface area contributed by atoms with Crippen LogP contribution in [-0.2, 0) is 0 Å². The number of fused-ring (bicyclic) bond motifs is 1. The average Bonchev–Trinajstić information content (AvgIpc) is 3.36.